The van der Waals surface area contributed by atoms with Crippen LogP contribution in [0.4, 0.5) is 0 Å². The summed E-state index contributed by atoms with van der Waals surface area (Å²) in [6, 6.07) is 0. The quantitative estimate of drug-likeness (QED) is 0.706. The molecule has 1 unspecified atom stereocenters. The van der Waals surface area contributed by atoms with Crippen LogP contribution in [0.3, 0.4) is 0 Å². The molecule has 0 fully saturated rings. The van der Waals surface area contributed by atoms with Crippen LogP contribution in [0.15, 0.2) is 23.8 Å². The fourth-order valence-electron chi connectivity index (χ4n) is 3.57. The predicted octanol–water partition coefficient (Wildman–Crippen LogP) is 4.51. The molecule has 0 saturated carbocycles. The highest BCUT2D eigenvalue weighted by Gasteiger charge is 2.39. The van der Waals surface area contributed by atoms with Crippen molar-refractivity contribution in [2.45, 2.75) is 59.5 Å². The molecule has 112 valence electrons. The van der Waals surface area contributed by atoms with Crippen LogP contribution >= 0.6 is 0 Å². The Balaban J connectivity index is 2.16. The molecule has 0 N–H and O–H groups in total. The van der Waals surface area contributed by atoms with Crippen LogP contribution in [0.5, 0.6) is 0 Å². The summed E-state index contributed by atoms with van der Waals surface area (Å²) in [6.07, 6.45) is 11.0. The molecule has 2 nitrogen and oxygen atoms in total. The first-order valence-corrected chi connectivity index (χ1v) is 8.17. The van der Waals surface area contributed by atoms with E-state index in [0.717, 1.165) is 25.7 Å². The average molecular weight is 276 g/mol. The largest absolute Gasteiger partial charge is 0.461 e. The van der Waals surface area contributed by atoms with E-state index in [1.54, 1.807) is 0 Å². The van der Waals surface area contributed by atoms with Gasteiger partial charge < -0.3 is 4.74 Å². The van der Waals surface area contributed by atoms with E-state index in [1.165, 1.54) is 5.57 Å². The highest BCUT2D eigenvalue weighted by Crippen LogP contribution is 2.42. The molecule has 0 heterocycles. The number of allylic oxidation sites excluding steroid dienone is 3. The molecule has 2 aliphatic carbocycles. The minimum absolute atomic E-state index is 0.0148. The molecule has 0 saturated heterocycles. The highest BCUT2D eigenvalue weighted by atomic mass is 16.5. The number of fused-ring (bicyclic) bond motifs is 1. The summed E-state index contributed by atoms with van der Waals surface area (Å²) >= 11 is 0. The molecule has 2 heteroatoms. The number of carbonyl (C=O) groups excluding carboxylic acids is 1. The molecule has 0 radical (unpaired) electrons. The third-order valence-corrected chi connectivity index (χ3v) is 5.10. The maximum absolute atomic E-state index is 12.1. The molecule has 0 aromatic carbocycles. The van der Waals surface area contributed by atoms with E-state index in [4.69, 9.17) is 4.74 Å². The Labute approximate surface area is 123 Å². The van der Waals surface area contributed by atoms with Crippen LogP contribution in [0, 0.1) is 23.7 Å². The number of hydrogen-bond acceptors (Lipinski definition) is 2. The second-order valence-corrected chi connectivity index (χ2v) is 6.38. The zero-order chi connectivity index (χ0) is 14.7. The fourth-order valence-corrected chi connectivity index (χ4v) is 3.57. The fraction of sp³-hybridized carbons (Fsp3) is 0.722. The molecular weight excluding hydrogens is 248 g/mol. The van der Waals surface area contributed by atoms with Crippen molar-refractivity contribution in [3.63, 3.8) is 0 Å². The first kappa shape index (κ1) is 15.3. The Morgan fingerprint density at radius 1 is 1.45 bits per heavy atom. The predicted molar refractivity (Wildman–Crippen MR) is 82.2 cm³/mol. The van der Waals surface area contributed by atoms with Gasteiger partial charge in [0.15, 0.2) is 0 Å². The Morgan fingerprint density at radius 2 is 2.20 bits per heavy atom. The van der Waals surface area contributed by atoms with Gasteiger partial charge in [-0.05, 0) is 36.7 Å². The van der Waals surface area contributed by atoms with Crippen molar-refractivity contribution in [3.05, 3.63) is 23.8 Å². The first-order valence-electron chi connectivity index (χ1n) is 8.17. The van der Waals surface area contributed by atoms with E-state index < -0.39 is 0 Å². The minimum Gasteiger partial charge on any atom is -0.461 e. The van der Waals surface area contributed by atoms with Gasteiger partial charge in [-0.15, -0.1) is 0 Å². The lowest BCUT2D eigenvalue weighted by molar-refractivity contribution is -0.157. The van der Waals surface area contributed by atoms with E-state index in [0.29, 0.717) is 17.8 Å². The van der Waals surface area contributed by atoms with E-state index in [2.05, 4.69) is 32.1 Å². The molecule has 0 aromatic rings. The Hall–Kier alpha value is -1.05. The van der Waals surface area contributed by atoms with E-state index in [-0.39, 0.29) is 18.0 Å². The van der Waals surface area contributed by atoms with Gasteiger partial charge in [0.25, 0.3) is 0 Å². The smallest absolute Gasteiger partial charge is 0.308 e. The lowest BCUT2D eigenvalue weighted by Gasteiger charge is -2.41. The number of ether oxygens (including phenoxy) is 1. The lowest BCUT2D eigenvalue weighted by atomic mass is 9.67. The van der Waals surface area contributed by atoms with Crippen molar-refractivity contribution in [3.8, 4) is 0 Å². The topological polar surface area (TPSA) is 26.3 Å². The van der Waals surface area contributed by atoms with Crippen LogP contribution in [0.1, 0.15) is 53.4 Å². The highest BCUT2D eigenvalue weighted by molar-refractivity contribution is 5.72. The molecule has 2 aliphatic rings. The van der Waals surface area contributed by atoms with E-state index >= 15 is 0 Å². The SMILES string of the molecule is CC[C@@H]1[C@@H]2C(=CCCC2OC(=O)[C@@H](C)CC)C=C[C@@H]1C. The normalized spacial score (nSPS) is 34.1. The molecule has 0 amide bonds. The molecular formula is C18H28O2. The van der Waals surface area contributed by atoms with Gasteiger partial charge in [-0.2, -0.15) is 0 Å². The van der Waals surface area contributed by atoms with Crippen molar-refractivity contribution in [2.75, 3.05) is 0 Å². The minimum atomic E-state index is -0.0178. The van der Waals surface area contributed by atoms with Crippen LogP contribution in [-0.2, 0) is 9.53 Å². The second-order valence-electron chi connectivity index (χ2n) is 6.38. The third kappa shape index (κ3) is 2.99. The van der Waals surface area contributed by atoms with Gasteiger partial charge in [-0.1, -0.05) is 52.3 Å². The van der Waals surface area contributed by atoms with E-state index in [1.807, 2.05) is 13.8 Å². The van der Waals surface area contributed by atoms with Gasteiger partial charge in [-0.25, -0.2) is 0 Å². The monoisotopic (exact) mass is 276 g/mol. The molecule has 2 rings (SSSR count). The summed E-state index contributed by atoms with van der Waals surface area (Å²) in [7, 11) is 0. The summed E-state index contributed by atoms with van der Waals surface area (Å²) in [4.78, 5) is 12.1. The number of hydrogen-bond donors (Lipinski definition) is 0. The molecule has 0 spiro atoms. The average Bonchev–Trinajstić information content (AvgIpc) is 2.46. The molecule has 0 aromatic heterocycles. The van der Waals surface area contributed by atoms with Crippen molar-refractivity contribution in [2.24, 2.45) is 23.7 Å². The van der Waals surface area contributed by atoms with Crippen LogP contribution in [0.25, 0.3) is 0 Å². The maximum atomic E-state index is 12.1. The molecule has 5 atom stereocenters. The van der Waals surface area contributed by atoms with Gasteiger partial charge in [0, 0.05) is 5.92 Å². The lowest BCUT2D eigenvalue weighted by Crippen LogP contribution is -2.39. The van der Waals surface area contributed by atoms with Gasteiger partial charge in [0.1, 0.15) is 6.10 Å². The van der Waals surface area contributed by atoms with Crippen molar-refractivity contribution >= 4 is 5.97 Å². The number of rotatable bonds is 4. The Bertz CT molecular complexity index is 408. The van der Waals surface area contributed by atoms with Crippen LogP contribution in [-0.4, -0.2) is 12.1 Å². The zero-order valence-electron chi connectivity index (χ0n) is 13.3. The van der Waals surface area contributed by atoms with Crippen molar-refractivity contribution in [1.29, 1.82) is 0 Å². The van der Waals surface area contributed by atoms with Gasteiger partial charge in [-0.3, -0.25) is 4.79 Å². The van der Waals surface area contributed by atoms with Crippen molar-refractivity contribution < 1.29 is 9.53 Å². The maximum Gasteiger partial charge on any atom is 0.308 e. The summed E-state index contributed by atoms with van der Waals surface area (Å²) in [5, 5.41) is 0. The van der Waals surface area contributed by atoms with Crippen molar-refractivity contribution in [1.82, 2.24) is 0 Å². The standard InChI is InChI=1S/C18H28O2/c1-5-12(3)18(19)20-16-9-7-8-14-11-10-13(4)15(6-2)17(14)16/h8,10-13,15-17H,5-7,9H2,1-4H3/t12-,13-,15-,16?,17-/m0/s1. The first-order chi connectivity index (χ1) is 9.58. The molecule has 20 heavy (non-hydrogen) atoms. The Kier molecular flexibility index (Phi) is 5.06. The van der Waals surface area contributed by atoms with Gasteiger partial charge in [0.05, 0.1) is 5.92 Å². The second kappa shape index (κ2) is 6.60. The molecule has 0 bridgehead atoms. The summed E-state index contributed by atoms with van der Waals surface area (Å²) in [6.45, 7) is 8.53. The van der Waals surface area contributed by atoms with Gasteiger partial charge >= 0.3 is 5.97 Å². The molecule has 0 aliphatic heterocycles. The third-order valence-electron chi connectivity index (χ3n) is 5.10. The number of carbonyl (C=O) groups is 1. The zero-order valence-corrected chi connectivity index (χ0v) is 13.3. The van der Waals surface area contributed by atoms with Crippen LogP contribution in [0.2, 0.25) is 0 Å². The summed E-state index contributed by atoms with van der Waals surface area (Å²) < 4.78 is 5.88. The summed E-state index contributed by atoms with van der Waals surface area (Å²) in [5.41, 5.74) is 1.39. The Morgan fingerprint density at radius 3 is 2.85 bits per heavy atom. The summed E-state index contributed by atoms with van der Waals surface area (Å²) in [5.74, 6) is 1.57. The van der Waals surface area contributed by atoms with E-state index in [9.17, 15) is 4.79 Å². The van der Waals surface area contributed by atoms with Gasteiger partial charge in [0.2, 0.25) is 0 Å². The van der Waals surface area contributed by atoms with Crippen LogP contribution < -0.4 is 0 Å². The number of esters is 1.